The first-order valence-electron chi connectivity index (χ1n) is 7.84. The standard InChI is InChI=1S/C17H19BrFN3O/c1-2-15-16(19)17(21-11-20-15)22-8-6-13(7-9-22)23-14-5-3-4-12(18)10-14/h3-5,10-11,13H,2,6-9H2,1H3. The highest BCUT2D eigenvalue weighted by Gasteiger charge is 2.24. The van der Waals surface area contributed by atoms with Gasteiger partial charge in [-0.3, -0.25) is 0 Å². The summed E-state index contributed by atoms with van der Waals surface area (Å²) in [5, 5.41) is 0. The molecule has 23 heavy (non-hydrogen) atoms. The molecule has 2 heterocycles. The molecule has 0 saturated carbocycles. The smallest absolute Gasteiger partial charge is 0.187 e. The Kier molecular flexibility index (Phi) is 5.10. The first-order valence-corrected chi connectivity index (χ1v) is 8.63. The van der Waals surface area contributed by atoms with E-state index >= 15 is 0 Å². The average Bonchev–Trinajstić information content (AvgIpc) is 2.56. The molecule has 1 aliphatic rings. The molecule has 1 aromatic carbocycles. The normalized spacial score (nSPS) is 15.7. The molecule has 4 nitrogen and oxygen atoms in total. The third kappa shape index (κ3) is 3.80. The third-order valence-electron chi connectivity index (χ3n) is 4.02. The number of hydrogen-bond donors (Lipinski definition) is 0. The lowest BCUT2D eigenvalue weighted by atomic mass is 10.1. The molecule has 1 aromatic heterocycles. The molecule has 0 spiro atoms. The SMILES string of the molecule is CCc1ncnc(N2CCC(Oc3cccc(Br)c3)CC2)c1F. The minimum atomic E-state index is -0.290. The van der Waals surface area contributed by atoms with Gasteiger partial charge >= 0.3 is 0 Å². The molecule has 1 saturated heterocycles. The van der Waals surface area contributed by atoms with Crippen molar-refractivity contribution >= 4 is 21.7 Å². The molecule has 0 N–H and O–H groups in total. The van der Waals surface area contributed by atoms with E-state index in [2.05, 4.69) is 25.9 Å². The van der Waals surface area contributed by atoms with Crippen LogP contribution in [0.15, 0.2) is 35.1 Å². The lowest BCUT2D eigenvalue weighted by molar-refractivity contribution is 0.170. The van der Waals surface area contributed by atoms with Crippen LogP contribution >= 0.6 is 15.9 Å². The number of ether oxygens (including phenoxy) is 1. The van der Waals surface area contributed by atoms with Gasteiger partial charge in [0, 0.05) is 30.4 Å². The van der Waals surface area contributed by atoms with Crippen LogP contribution in [-0.4, -0.2) is 29.2 Å². The Morgan fingerprint density at radius 3 is 2.78 bits per heavy atom. The minimum Gasteiger partial charge on any atom is -0.490 e. The van der Waals surface area contributed by atoms with Crippen molar-refractivity contribution < 1.29 is 9.13 Å². The van der Waals surface area contributed by atoms with Crippen LogP contribution in [0.25, 0.3) is 0 Å². The number of benzene rings is 1. The molecular formula is C17H19BrFN3O. The van der Waals surface area contributed by atoms with E-state index in [-0.39, 0.29) is 11.9 Å². The number of aryl methyl sites for hydroxylation is 1. The predicted molar refractivity (Wildman–Crippen MR) is 91.4 cm³/mol. The van der Waals surface area contributed by atoms with Gasteiger partial charge in [-0.1, -0.05) is 28.9 Å². The maximum atomic E-state index is 14.3. The fraction of sp³-hybridized carbons (Fsp3) is 0.412. The first-order chi connectivity index (χ1) is 11.2. The average molecular weight is 380 g/mol. The highest BCUT2D eigenvalue weighted by molar-refractivity contribution is 9.10. The molecule has 2 aromatic rings. The van der Waals surface area contributed by atoms with Crippen LogP contribution in [-0.2, 0) is 6.42 Å². The van der Waals surface area contributed by atoms with Gasteiger partial charge in [0.25, 0.3) is 0 Å². The molecule has 6 heteroatoms. The molecule has 3 rings (SSSR count). The van der Waals surface area contributed by atoms with Crippen molar-refractivity contribution in [2.75, 3.05) is 18.0 Å². The van der Waals surface area contributed by atoms with Crippen LogP contribution in [0.3, 0.4) is 0 Å². The van der Waals surface area contributed by atoms with Gasteiger partial charge in [-0.05, 0) is 24.6 Å². The summed E-state index contributed by atoms with van der Waals surface area (Å²) in [7, 11) is 0. The quantitative estimate of drug-likeness (QED) is 0.804. The zero-order valence-corrected chi connectivity index (χ0v) is 14.6. The van der Waals surface area contributed by atoms with Crippen LogP contribution in [0.5, 0.6) is 5.75 Å². The summed E-state index contributed by atoms with van der Waals surface area (Å²) < 4.78 is 21.4. The number of rotatable bonds is 4. The van der Waals surface area contributed by atoms with E-state index in [1.54, 1.807) is 0 Å². The molecule has 0 bridgehead atoms. The molecule has 0 unspecified atom stereocenters. The summed E-state index contributed by atoms with van der Waals surface area (Å²) in [6.07, 6.45) is 3.86. The van der Waals surface area contributed by atoms with E-state index in [0.717, 1.165) is 36.2 Å². The number of piperidine rings is 1. The van der Waals surface area contributed by atoms with Crippen LogP contribution < -0.4 is 9.64 Å². The van der Waals surface area contributed by atoms with Crippen molar-refractivity contribution in [1.82, 2.24) is 9.97 Å². The van der Waals surface area contributed by atoms with Gasteiger partial charge in [0.1, 0.15) is 18.2 Å². The molecule has 0 amide bonds. The number of anilines is 1. The summed E-state index contributed by atoms with van der Waals surface area (Å²) in [5.41, 5.74) is 0.475. The van der Waals surface area contributed by atoms with E-state index in [4.69, 9.17) is 4.74 Å². The highest BCUT2D eigenvalue weighted by atomic mass is 79.9. The van der Waals surface area contributed by atoms with Crippen LogP contribution in [0.2, 0.25) is 0 Å². The Balaban J connectivity index is 1.62. The molecule has 0 radical (unpaired) electrons. The molecule has 1 aliphatic heterocycles. The van der Waals surface area contributed by atoms with Crippen molar-refractivity contribution in [3.63, 3.8) is 0 Å². The summed E-state index contributed by atoms with van der Waals surface area (Å²) in [5.74, 6) is 0.985. The number of nitrogens with zero attached hydrogens (tertiary/aromatic N) is 3. The lowest BCUT2D eigenvalue weighted by Gasteiger charge is -2.33. The molecule has 0 aliphatic carbocycles. The van der Waals surface area contributed by atoms with Crippen molar-refractivity contribution in [2.24, 2.45) is 0 Å². The second-order valence-corrected chi connectivity index (χ2v) is 6.49. The Morgan fingerprint density at radius 2 is 2.09 bits per heavy atom. The minimum absolute atomic E-state index is 0.149. The highest BCUT2D eigenvalue weighted by Crippen LogP contribution is 2.25. The second kappa shape index (κ2) is 7.25. The Hall–Kier alpha value is -1.69. The van der Waals surface area contributed by atoms with Crippen molar-refractivity contribution in [3.8, 4) is 5.75 Å². The molecule has 1 fully saturated rings. The van der Waals surface area contributed by atoms with Gasteiger partial charge in [-0.25, -0.2) is 14.4 Å². The molecule has 0 atom stereocenters. The largest absolute Gasteiger partial charge is 0.490 e. The van der Waals surface area contributed by atoms with Gasteiger partial charge in [-0.15, -0.1) is 0 Å². The van der Waals surface area contributed by atoms with Crippen LogP contribution in [0.1, 0.15) is 25.5 Å². The monoisotopic (exact) mass is 379 g/mol. The van der Waals surface area contributed by atoms with E-state index in [1.165, 1.54) is 6.33 Å². The van der Waals surface area contributed by atoms with Crippen LogP contribution in [0.4, 0.5) is 10.2 Å². The Labute approximate surface area is 143 Å². The van der Waals surface area contributed by atoms with Gasteiger partial charge in [0.2, 0.25) is 0 Å². The van der Waals surface area contributed by atoms with E-state index in [0.29, 0.717) is 17.9 Å². The summed E-state index contributed by atoms with van der Waals surface area (Å²) in [6, 6.07) is 7.84. The fourth-order valence-electron chi connectivity index (χ4n) is 2.78. The topological polar surface area (TPSA) is 38.2 Å². The maximum Gasteiger partial charge on any atom is 0.187 e. The molecular weight excluding hydrogens is 361 g/mol. The van der Waals surface area contributed by atoms with Crippen molar-refractivity contribution in [2.45, 2.75) is 32.3 Å². The van der Waals surface area contributed by atoms with Gasteiger partial charge in [0.15, 0.2) is 11.6 Å². The van der Waals surface area contributed by atoms with E-state index in [1.807, 2.05) is 36.1 Å². The Bertz CT molecular complexity index is 675. The summed E-state index contributed by atoms with van der Waals surface area (Å²) in [6.45, 7) is 3.36. The van der Waals surface area contributed by atoms with Gasteiger partial charge in [0.05, 0.1) is 5.69 Å². The van der Waals surface area contributed by atoms with E-state index < -0.39 is 0 Å². The predicted octanol–water partition coefficient (Wildman–Crippen LogP) is 3.99. The summed E-state index contributed by atoms with van der Waals surface area (Å²) >= 11 is 3.44. The summed E-state index contributed by atoms with van der Waals surface area (Å²) in [4.78, 5) is 10.1. The van der Waals surface area contributed by atoms with Crippen LogP contribution in [0, 0.1) is 5.82 Å². The third-order valence-corrected chi connectivity index (χ3v) is 4.51. The first kappa shape index (κ1) is 16.2. The van der Waals surface area contributed by atoms with Crippen molar-refractivity contribution in [3.05, 3.63) is 46.6 Å². The maximum absolute atomic E-state index is 14.3. The Morgan fingerprint density at radius 1 is 1.30 bits per heavy atom. The molecule has 122 valence electrons. The zero-order chi connectivity index (χ0) is 16.2. The fourth-order valence-corrected chi connectivity index (χ4v) is 3.16. The van der Waals surface area contributed by atoms with Crippen molar-refractivity contribution in [1.29, 1.82) is 0 Å². The second-order valence-electron chi connectivity index (χ2n) is 5.57. The van der Waals surface area contributed by atoms with Gasteiger partial charge in [-0.2, -0.15) is 0 Å². The number of aromatic nitrogens is 2. The number of halogens is 2. The zero-order valence-electron chi connectivity index (χ0n) is 13.0. The number of hydrogen-bond acceptors (Lipinski definition) is 4. The van der Waals surface area contributed by atoms with Gasteiger partial charge < -0.3 is 9.64 Å². The van der Waals surface area contributed by atoms with E-state index in [9.17, 15) is 4.39 Å². The lowest BCUT2D eigenvalue weighted by Crippen LogP contribution is -2.39.